The molecular weight excluding hydrogens is 560 g/mol. The van der Waals surface area contributed by atoms with Crippen LogP contribution in [0.4, 0.5) is 29.1 Å². The zero-order chi connectivity index (χ0) is 30.6. The molecule has 4 aromatic rings. The number of benzene rings is 2. The van der Waals surface area contributed by atoms with Crippen molar-refractivity contribution in [3.63, 3.8) is 0 Å². The van der Waals surface area contributed by atoms with E-state index in [2.05, 4.69) is 32.2 Å². The number of likely N-dealkylation sites (N-methyl/N-ethyl adjacent to an activating group) is 2. The molecule has 1 fully saturated rings. The maximum atomic E-state index is 13.6. The van der Waals surface area contributed by atoms with Gasteiger partial charge in [-0.1, -0.05) is 0 Å². The topological polar surface area (TPSA) is 124 Å². The number of carbonyl (C=O) groups excluding carboxylic acids is 1. The predicted octanol–water partition coefficient (Wildman–Crippen LogP) is 4.93. The lowest BCUT2D eigenvalue weighted by Gasteiger charge is -2.25. The quantitative estimate of drug-likeness (QED) is 0.271. The third-order valence-electron chi connectivity index (χ3n) is 6.68. The lowest BCUT2D eigenvalue weighted by molar-refractivity contribution is -0.192. The maximum Gasteiger partial charge on any atom is 0.490 e. The van der Waals surface area contributed by atoms with Gasteiger partial charge in [0.15, 0.2) is 0 Å². The number of aromatic amines is 1. The summed E-state index contributed by atoms with van der Waals surface area (Å²) in [5.74, 6) is -2.04. The molecule has 14 heteroatoms. The molecule has 1 unspecified atom stereocenters. The lowest BCUT2D eigenvalue weighted by Crippen LogP contribution is -2.38. The summed E-state index contributed by atoms with van der Waals surface area (Å²) in [5.41, 5.74) is 3.39. The molecule has 42 heavy (non-hydrogen) atoms. The van der Waals surface area contributed by atoms with Crippen LogP contribution in [0.2, 0.25) is 0 Å². The van der Waals surface area contributed by atoms with Gasteiger partial charge in [-0.25, -0.2) is 14.2 Å². The van der Waals surface area contributed by atoms with E-state index in [-0.39, 0.29) is 17.8 Å². The summed E-state index contributed by atoms with van der Waals surface area (Å²) in [6.07, 6.45) is -0.869. The second kappa shape index (κ2) is 12.4. The number of anilines is 2. The van der Waals surface area contributed by atoms with Crippen molar-refractivity contribution >= 4 is 34.3 Å². The Morgan fingerprint density at radius 1 is 1.17 bits per heavy atom. The van der Waals surface area contributed by atoms with Crippen molar-refractivity contribution in [1.82, 2.24) is 24.8 Å². The fourth-order valence-electron chi connectivity index (χ4n) is 4.46. The van der Waals surface area contributed by atoms with Crippen LogP contribution in [0.15, 0.2) is 54.9 Å². The van der Waals surface area contributed by atoms with Gasteiger partial charge in [0.05, 0.1) is 30.9 Å². The van der Waals surface area contributed by atoms with E-state index in [4.69, 9.17) is 14.6 Å². The van der Waals surface area contributed by atoms with Crippen molar-refractivity contribution < 1.29 is 37.0 Å². The van der Waals surface area contributed by atoms with Crippen molar-refractivity contribution in [2.24, 2.45) is 0 Å². The molecule has 1 aliphatic heterocycles. The Bertz CT molecular complexity index is 1590. The van der Waals surface area contributed by atoms with E-state index in [1.54, 1.807) is 43.8 Å². The molecule has 1 saturated heterocycles. The van der Waals surface area contributed by atoms with Crippen LogP contribution in [0.5, 0.6) is 5.75 Å². The smallest absolute Gasteiger partial charge is 0.490 e. The standard InChI is InChI=1S/C26H27FN6O2.C2HF3O2/c1-32-9-8-19(15-32)33(2)26(34)16-4-6-21(24(12-16)35-3)30-25-14-28-13-23(31-25)22-11-17-10-18(27)5-7-20(17)29-22;3-2(4,5)1(6)7/h4-7,10-14,19,29H,8-9,15H2,1-3H3,(H,30,31);(H,6,7). The van der Waals surface area contributed by atoms with Crippen LogP contribution in [0.25, 0.3) is 22.3 Å². The fourth-order valence-corrected chi connectivity index (χ4v) is 4.46. The van der Waals surface area contributed by atoms with Crippen LogP contribution in [0.3, 0.4) is 0 Å². The number of likely N-dealkylation sites (tertiary alicyclic amines) is 1. The van der Waals surface area contributed by atoms with Gasteiger partial charge in [0.1, 0.15) is 23.1 Å². The summed E-state index contributed by atoms with van der Waals surface area (Å²) in [6.45, 7) is 1.86. The van der Waals surface area contributed by atoms with Gasteiger partial charge in [-0.2, -0.15) is 13.2 Å². The van der Waals surface area contributed by atoms with Crippen molar-refractivity contribution in [2.45, 2.75) is 18.6 Å². The van der Waals surface area contributed by atoms with Crippen molar-refractivity contribution in [2.75, 3.05) is 39.6 Å². The molecule has 0 aliphatic carbocycles. The molecule has 1 amide bonds. The number of alkyl halides is 3. The molecule has 2 aromatic heterocycles. The number of nitrogens with zero attached hydrogens (tertiary/aromatic N) is 4. The first-order chi connectivity index (χ1) is 19.8. The number of rotatable bonds is 6. The van der Waals surface area contributed by atoms with E-state index in [0.29, 0.717) is 28.5 Å². The van der Waals surface area contributed by atoms with Gasteiger partial charge in [-0.3, -0.25) is 9.78 Å². The van der Waals surface area contributed by atoms with Crippen molar-refractivity contribution in [3.8, 4) is 17.1 Å². The van der Waals surface area contributed by atoms with Crippen LogP contribution in [0, 0.1) is 5.82 Å². The van der Waals surface area contributed by atoms with Gasteiger partial charge < -0.3 is 29.9 Å². The third kappa shape index (κ3) is 7.13. The molecule has 0 spiro atoms. The summed E-state index contributed by atoms with van der Waals surface area (Å²) in [5, 5.41) is 11.1. The number of carbonyl (C=O) groups is 2. The van der Waals surface area contributed by atoms with E-state index in [1.165, 1.54) is 12.1 Å². The third-order valence-corrected chi connectivity index (χ3v) is 6.68. The first-order valence-electron chi connectivity index (χ1n) is 12.7. The number of fused-ring (bicyclic) bond motifs is 1. The van der Waals surface area contributed by atoms with Crippen molar-refractivity contribution in [1.29, 1.82) is 0 Å². The highest BCUT2D eigenvalue weighted by Crippen LogP contribution is 2.30. The normalized spacial score (nSPS) is 15.2. The van der Waals surface area contributed by atoms with E-state index in [1.807, 2.05) is 18.0 Å². The van der Waals surface area contributed by atoms with Gasteiger partial charge in [-0.05, 0) is 62.5 Å². The highest BCUT2D eigenvalue weighted by Gasteiger charge is 2.38. The highest BCUT2D eigenvalue weighted by atomic mass is 19.4. The summed E-state index contributed by atoms with van der Waals surface area (Å²) in [4.78, 5) is 38.2. The van der Waals surface area contributed by atoms with Crippen molar-refractivity contribution in [3.05, 3.63) is 66.2 Å². The Labute approximate surface area is 237 Å². The van der Waals surface area contributed by atoms with Gasteiger partial charge in [0.2, 0.25) is 0 Å². The monoisotopic (exact) mass is 588 g/mol. The number of ether oxygens (including phenoxy) is 1. The molecule has 3 N–H and O–H groups in total. The van der Waals surface area contributed by atoms with Crippen LogP contribution in [-0.4, -0.2) is 88.2 Å². The van der Waals surface area contributed by atoms with Gasteiger partial charge in [0.25, 0.3) is 5.91 Å². The summed E-state index contributed by atoms with van der Waals surface area (Å²) in [7, 11) is 5.48. The molecule has 0 radical (unpaired) electrons. The lowest BCUT2D eigenvalue weighted by atomic mass is 10.1. The zero-order valence-electron chi connectivity index (χ0n) is 22.9. The molecule has 10 nitrogen and oxygen atoms in total. The molecular formula is C28H28F4N6O4. The van der Waals surface area contributed by atoms with Crippen LogP contribution in [-0.2, 0) is 4.79 Å². The largest absolute Gasteiger partial charge is 0.495 e. The predicted molar refractivity (Wildman–Crippen MR) is 147 cm³/mol. The first kappa shape index (κ1) is 30.2. The Morgan fingerprint density at radius 3 is 2.55 bits per heavy atom. The summed E-state index contributed by atoms with van der Waals surface area (Å²) >= 11 is 0. The minimum atomic E-state index is -5.08. The van der Waals surface area contributed by atoms with Gasteiger partial charge in [0, 0.05) is 36.1 Å². The number of H-pyrrole nitrogens is 1. The molecule has 1 aliphatic rings. The van der Waals surface area contributed by atoms with Crippen LogP contribution < -0.4 is 10.1 Å². The Balaban J connectivity index is 0.000000517. The van der Waals surface area contributed by atoms with Crippen LogP contribution >= 0.6 is 0 Å². The molecule has 0 bridgehead atoms. The SMILES string of the molecule is COc1cc(C(=O)N(C)C2CCN(C)C2)ccc1Nc1cncc(-c2cc3cc(F)ccc3[nH]2)n1.O=C(O)C(F)(F)F. The number of hydrogen-bond donors (Lipinski definition) is 3. The van der Waals surface area contributed by atoms with Crippen LogP contribution in [0.1, 0.15) is 16.8 Å². The summed E-state index contributed by atoms with van der Waals surface area (Å²) < 4.78 is 50.9. The Hall–Kier alpha value is -4.72. The Kier molecular flexibility index (Phi) is 8.95. The number of aromatic nitrogens is 3. The van der Waals surface area contributed by atoms with E-state index >= 15 is 0 Å². The van der Waals surface area contributed by atoms with E-state index in [9.17, 15) is 22.4 Å². The highest BCUT2D eigenvalue weighted by molar-refractivity contribution is 5.95. The molecule has 0 saturated carbocycles. The molecule has 5 rings (SSSR count). The maximum absolute atomic E-state index is 13.6. The minimum Gasteiger partial charge on any atom is -0.495 e. The Morgan fingerprint density at radius 2 is 1.90 bits per heavy atom. The number of methoxy groups -OCH3 is 1. The average molecular weight is 589 g/mol. The molecule has 222 valence electrons. The number of nitrogens with one attached hydrogen (secondary N) is 2. The number of halogens is 4. The van der Waals surface area contributed by atoms with Gasteiger partial charge in [-0.15, -0.1) is 0 Å². The number of amides is 1. The number of aliphatic carboxylic acids is 1. The molecule has 2 aromatic carbocycles. The first-order valence-corrected chi connectivity index (χ1v) is 12.7. The minimum absolute atomic E-state index is 0.0350. The fraction of sp³-hybridized carbons (Fsp3) is 0.286. The average Bonchev–Trinajstić information content (AvgIpc) is 3.58. The number of hydrogen-bond acceptors (Lipinski definition) is 7. The van der Waals surface area contributed by atoms with E-state index < -0.39 is 12.1 Å². The zero-order valence-corrected chi connectivity index (χ0v) is 22.9. The molecule has 3 heterocycles. The van der Waals surface area contributed by atoms with Gasteiger partial charge >= 0.3 is 12.1 Å². The van der Waals surface area contributed by atoms with E-state index in [0.717, 1.165) is 36.1 Å². The summed E-state index contributed by atoms with van der Waals surface area (Å²) in [6, 6.07) is 12.0. The number of carboxylic acid groups (broad SMARTS) is 1. The second-order valence-corrected chi connectivity index (χ2v) is 9.67. The second-order valence-electron chi connectivity index (χ2n) is 9.67. The molecule has 1 atom stereocenters. The number of carboxylic acids is 1.